The molecule has 0 radical (unpaired) electrons. The Labute approximate surface area is 121 Å². The van der Waals surface area contributed by atoms with Crippen LogP contribution in [0.5, 0.6) is 5.75 Å². The number of carbonyl (C=O) groups excluding carboxylic acids is 2. The number of aromatic nitrogens is 1. The highest BCUT2D eigenvalue weighted by Gasteiger charge is 2.22. The molecule has 0 aromatic carbocycles. The van der Waals surface area contributed by atoms with Crippen molar-refractivity contribution in [1.82, 2.24) is 10.3 Å². The highest BCUT2D eigenvalue weighted by atomic mass is 16.6. The highest BCUT2D eigenvalue weighted by molar-refractivity contribution is 5.88. The molecule has 8 nitrogen and oxygen atoms in total. The Bertz CT molecular complexity index is 544. The number of ketones is 1. The number of ether oxygens (including phenoxy) is 1. The number of hydrogen-bond donors (Lipinski definition) is 1. The normalized spacial score (nSPS) is 11.8. The number of Topliss-reactive ketones (excluding diaryl/α,β-unsaturated/α-hetero) is 1. The third kappa shape index (κ3) is 4.83. The number of pyridine rings is 1. The average Bonchev–Trinajstić information content (AvgIpc) is 2.42. The molecular formula is C13H17N3O5. The van der Waals surface area contributed by atoms with Crippen molar-refractivity contribution in [3.05, 3.63) is 28.4 Å². The zero-order valence-electron chi connectivity index (χ0n) is 12.0. The summed E-state index contributed by atoms with van der Waals surface area (Å²) in [5, 5.41) is 13.3. The van der Waals surface area contributed by atoms with Crippen molar-refractivity contribution >= 4 is 17.5 Å². The number of amides is 1. The summed E-state index contributed by atoms with van der Waals surface area (Å²) >= 11 is 0. The Morgan fingerprint density at radius 3 is 2.67 bits per heavy atom. The van der Waals surface area contributed by atoms with E-state index in [-0.39, 0.29) is 17.5 Å². The Hall–Kier alpha value is -2.51. The first-order valence-corrected chi connectivity index (χ1v) is 6.35. The first-order valence-electron chi connectivity index (χ1n) is 6.35. The van der Waals surface area contributed by atoms with E-state index in [9.17, 15) is 19.7 Å². The number of carbonyl (C=O) groups is 2. The summed E-state index contributed by atoms with van der Waals surface area (Å²) in [5.74, 6) is -1.30. The van der Waals surface area contributed by atoms with E-state index in [4.69, 9.17) is 4.74 Å². The smallest absolute Gasteiger partial charge is 0.406 e. The van der Waals surface area contributed by atoms with Gasteiger partial charge in [-0.3, -0.25) is 9.59 Å². The van der Waals surface area contributed by atoms with Crippen LogP contribution < -0.4 is 10.1 Å². The topological polar surface area (TPSA) is 111 Å². The number of rotatable bonds is 7. The van der Waals surface area contributed by atoms with Crippen LogP contribution in [-0.2, 0) is 9.59 Å². The van der Waals surface area contributed by atoms with Crippen molar-refractivity contribution < 1.29 is 19.2 Å². The second-order valence-corrected chi connectivity index (χ2v) is 4.77. The molecule has 0 aliphatic carbocycles. The third-order valence-electron chi connectivity index (χ3n) is 2.70. The van der Waals surface area contributed by atoms with E-state index in [2.05, 4.69) is 10.3 Å². The minimum Gasteiger partial charge on any atom is -0.476 e. The van der Waals surface area contributed by atoms with Crippen LogP contribution in [0.1, 0.15) is 20.8 Å². The lowest BCUT2D eigenvalue weighted by atomic mass is 10.0. The van der Waals surface area contributed by atoms with Crippen LogP contribution in [0.4, 0.5) is 5.82 Å². The monoisotopic (exact) mass is 295 g/mol. The molecule has 0 saturated heterocycles. The minimum absolute atomic E-state index is 0.0563. The molecule has 0 saturated carbocycles. The Kier molecular flexibility index (Phi) is 5.77. The number of hydrogen-bond acceptors (Lipinski definition) is 6. The van der Waals surface area contributed by atoms with Gasteiger partial charge in [-0.05, 0) is 34.9 Å². The summed E-state index contributed by atoms with van der Waals surface area (Å²) in [7, 11) is 0. The van der Waals surface area contributed by atoms with Crippen molar-refractivity contribution in [3.63, 3.8) is 0 Å². The standard InChI is InChI=1S/C13H17N3O5/c1-8(2)12(9(3)17)15-11(18)7-21-10-5-4-6-14-13(10)16(19)20/h4-6,8,12H,7H2,1-3H3,(H,15,18). The fourth-order valence-corrected chi connectivity index (χ4v) is 1.73. The molecule has 1 rings (SSSR count). The van der Waals surface area contributed by atoms with Crippen LogP contribution in [0, 0.1) is 16.0 Å². The van der Waals surface area contributed by atoms with Gasteiger partial charge in [0.1, 0.15) is 6.20 Å². The molecular weight excluding hydrogens is 278 g/mol. The van der Waals surface area contributed by atoms with Crippen LogP contribution in [0.3, 0.4) is 0 Å². The molecule has 1 aromatic heterocycles. The molecule has 0 aliphatic heterocycles. The van der Waals surface area contributed by atoms with Gasteiger partial charge in [0.15, 0.2) is 12.4 Å². The molecule has 0 spiro atoms. The Morgan fingerprint density at radius 2 is 2.14 bits per heavy atom. The highest BCUT2D eigenvalue weighted by Crippen LogP contribution is 2.22. The van der Waals surface area contributed by atoms with E-state index in [1.807, 2.05) is 0 Å². The number of nitrogens with one attached hydrogen (secondary N) is 1. The predicted octanol–water partition coefficient (Wildman–Crippen LogP) is 1.10. The molecule has 0 aliphatic rings. The molecule has 0 fully saturated rings. The van der Waals surface area contributed by atoms with E-state index < -0.39 is 29.3 Å². The van der Waals surface area contributed by atoms with E-state index in [1.54, 1.807) is 13.8 Å². The van der Waals surface area contributed by atoms with Crippen LogP contribution >= 0.6 is 0 Å². The van der Waals surface area contributed by atoms with Crippen molar-refractivity contribution in [2.75, 3.05) is 6.61 Å². The fraction of sp³-hybridized carbons (Fsp3) is 0.462. The van der Waals surface area contributed by atoms with E-state index in [0.29, 0.717) is 0 Å². The summed E-state index contributed by atoms with van der Waals surface area (Å²) in [6.45, 7) is 4.57. The summed E-state index contributed by atoms with van der Waals surface area (Å²) in [6.07, 6.45) is 1.26. The number of nitro groups is 1. The minimum atomic E-state index is -0.695. The summed E-state index contributed by atoms with van der Waals surface area (Å²) in [4.78, 5) is 36.7. The van der Waals surface area contributed by atoms with Crippen molar-refractivity contribution in [1.29, 1.82) is 0 Å². The van der Waals surface area contributed by atoms with E-state index in [1.165, 1.54) is 25.3 Å². The van der Waals surface area contributed by atoms with Gasteiger partial charge in [0, 0.05) is 0 Å². The molecule has 114 valence electrons. The van der Waals surface area contributed by atoms with Gasteiger partial charge in [0.2, 0.25) is 5.75 Å². The molecule has 1 aromatic rings. The molecule has 0 bridgehead atoms. The van der Waals surface area contributed by atoms with Gasteiger partial charge in [-0.15, -0.1) is 0 Å². The average molecular weight is 295 g/mol. The van der Waals surface area contributed by atoms with Crippen molar-refractivity contribution in [2.45, 2.75) is 26.8 Å². The van der Waals surface area contributed by atoms with Crippen molar-refractivity contribution in [3.8, 4) is 5.75 Å². The molecule has 21 heavy (non-hydrogen) atoms. The summed E-state index contributed by atoms with van der Waals surface area (Å²) in [5.41, 5.74) is 0. The van der Waals surface area contributed by atoms with Gasteiger partial charge in [-0.2, -0.15) is 0 Å². The third-order valence-corrected chi connectivity index (χ3v) is 2.70. The van der Waals surface area contributed by atoms with Gasteiger partial charge in [-0.1, -0.05) is 13.8 Å². The lowest BCUT2D eigenvalue weighted by molar-refractivity contribution is -0.390. The van der Waals surface area contributed by atoms with Gasteiger partial charge in [0.05, 0.1) is 6.04 Å². The van der Waals surface area contributed by atoms with Gasteiger partial charge < -0.3 is 20.2 Å². The summed E-state index contributed by atoms with van der Waals surface area (Å²) < 4.78 is 5.09. The molecule has 1 unspecified atom stereocenters. The van der Waals surface area contributed by atoms with Crippen LogP contribution in [0.25, 0.3) is 0 Å². The van der Waals surface area contributed by atoms with Gasteiger partial charge in [0.25, 0.3) is 5.91 Å². The quantitative estimate of drug-likeness (QED) is 0.595. The summed E-state index contributed by atoms with van der Waals surface area (Å²) in [6, 6.07) is 2.21. The Balaban J connectivity index is 2.65. The van der Waals surface area contributed by atoms with E-state index in [0.717, 1.165) is 0 Å². The second kappa shape index (κ2) is 7.32. The molecule has 1 amide bonds. The maximum absolute atomic E-state index is 11.7. The van der Waals surface area contributed by atoms with E-state index >= 15 is 0 Å². The zero-order valence-corrected chi connectivity index (χ0v) is 12.0. The molecule has 1 N–H and O–H groups in total. The van der Waals surface area contributed by atoms with Crippen LogP contribution in [0.15, 0.2) is 18.3 Å². The first-order chi connectivity index (χ1) is 9.82. The Morgan fingerprint density at radius 1 is 1.48 bits per heavy atom. The van der Waals surface area contributed by atoms with Crippen molar-refractivity contribution in [2.24, 2.45) is 5.92 Å². The molecule has 1 heterocycles. The second-order valence-electron chi connectivity index (χ2n) is 4.77. The van der Waals surface area contributed by atoms with Gasteiger partial charge >= 0.3 is 5.82 Å². The molecule has 8 heteroatoms. The number of nitrogens with zero attached hydrogens (tertiary/aromatic N) is 2. The lowest BCUT2D eigenvalue weighted by Gasteiger charge is -2.19. The first kappa shape index (κ1) is 16.5. The maximum atomic E-state index is 11.7. The molecule has 1 atom stereocenters. The van der Waals surface area contributed by atoms with Crippen LogP contribution in [0.2, 0.25) is 0 Å². The lowest BCUT2D eigenvalue weighted by Crippen LogP contribution is -2.45. The fourth-order valence-electron chi connectivity index (χ4n) is 1.73. The largest absolute Gasteiger partial charge is 0.476 e. The maximum Gasteiger partial charge on any atom is 0.406 e. The predicted molar refractivity (Wildman–Crippen MR) is 73.8 cm³/mol. The van der Waals surface area contributed by atoms with Gasteiger partial charge in [-0.25, -0.2) is 0 Å². The SMILES string of the molecule is CC(=O)C(NC(=O)COc1cccnc1[N+](=O)[O-])C(C)C. The van der Waals surface area contributed by atoms with Crippen LogP contribution in [-0.4, -0.2) is 34.2 Å². The zero-order chi connectivity index (χ0) is 16.0.